The second kappa shape index (κ2) is 14.1. The predicted octanol–water partition coefficient (Wildman–Crippen LogP) is 15.9. The Morgan fingerprint density at radius 1 is 0.344 bits per heavy atom. The molecule has 0 saturated carbocycles. The molecule has 0 saturated heterocycles. The second-order valence-corrected chi connectivity index (χ2v) is 16.0. The Kier molecular flexibility index (Phi) is 8.11. The number of hydrogen-bond acceptors (Lipinski definition) is 2. The lowest BCUT2D eigenvalue weighted by molar-refractivity contribution is 0.669. The van der Waals surface area contributed by atoms with Crippen molar-refractivity contribution in [3.05, 3.63) is 259 Å². The van der Waals surface area contributed by atoms with Crippen LogP contribution >= 0.6 is 0 Å². The summed E-state index contributed by atoms with van der Waals surface area (Å²) in [7, 11) is 0. The van der Waals surface area contributed by atoms with E-state index in [1.807, 2.05) is 6.07 Å². The van der Waals surface area contributed by atoms with Crippen LogP contribution in [0, 0.1) is 0 Å². The zero-order chi connectivity index (χ0) is 40.3. The molecule has 1 aliphatic rings. The van der Waals surface area contributed by atoms with E-state index in [-0.39, 0.29) is 0 Å². The number of fused-ring (bicyclic) bond motifs is 7. The molecule has 0 fully saturated rings. The second-order valence-electron chi connectivity index (χ2n) is 16.0. The molecule has 0 atom stereocenters. The third-order valence-corrected chi connectivity index (χ3v) is 12.7. The Morgan fingerprint density at radius 3 is 1.70 bits per heavy atom. The molecule has 2 heteroatoms. The molecule has 11 aromatic rings. The van der Waals surface area contributed by atoms with Crippen LogP contribution in [-0.2, 0) is 5.41 Å². The van der Waals surface area contributed by atoms with Gasteiger partial charge in [0.15, 0.2) is 0 Å². The normalized spacial score (nSPS) is 12.7. The van der Waals surface area contributed by atoms with Crippen molar-refractivity contribution < 1.29 is 4.42 Å². The molecule has 0 N–H and O–H groups in total. The average Bonchev–Trinajstić information content (AvgIpc) is 3.86. The number of benzene rings is 10. The topological polar surface area (TPSA) is 16.4 Å². The summed E-state index contributed by atoms with van der Waals surface area (Å²) in [5.41, 5.74) is 16.7. The first kappa shape index (κ1) is 35.0. The lowest BCUT2D eigenvalue weighted by Gasteiger charge is -2.35. The lowest BCUT2D eigenvalue weighted by atomic mass is 9.67. The van der Waals surface area contributed by atoms with Gasteiger partial charge in [0.05, 0.1) is 16.5 Å². The Morgan fingerprint density at radius 2 is 0.934 bits per heavy atom. The maximum absolute atomic E-state index is 6.50. The van der Waals surface area contributed by atoms with E-state index in [0.29, 0.717) is 0 Å². The average molecular weight is 778 g/mol. The van der Waals surface area contributed by atoms with Gasteiger partial charge in [-0.1, -0.05) is 188 Å². The predicted molar refractivity (Wildman–Crippen MR) is 254 cm³/mol. The summed E-state index contributed by atoms with van der Waals surface area (Å²) < 4.78 is 6.50. The summed E-state index contributed by atoms with van der Waals surface area (Å²) in [4.78, 5) is 2.42. The zero-order valence-electron chi connectivity index (χ0n) is 33.4. The monoisotopic (exact) mass is 777 g/mol. The van der Waals surface area contributed by atoms with Crippen molar-refractivity contribution in [2.75, 3.05) is 4.90 Å². The quantitative estimate of drug-likeness (QED) is 0.160. The minimum absolute atomic E-state index is 0.586. The summed E-state index contributed by atoms with van der Waals surface area (Å²) in [6.07, 6.45) is 0. The highest BCUT2D eigenvalue weighted by molar-refractivity contribution is 6.13. The van der Waals surface area contributed by atoms with E-state index in [1.54, 1.807) is 0 Å². The molecule has 1 heterocycles. The highest BCUT2D eigenvalue weighted by Gasteiger charge is 2.46. The van der Waals surface area contributed by atoms with Gasteiger partial charge in [0, 0.05) is 16.8 Å². The van der Waals surface area contributed by atoms with Crippen LogP contribution in [0.15, 0.2) is 241 Å². The molecule has 286 valence electrons. The van der Waals surface area contributed by atoms with E-state index in [2.05, 4.69) is 235 Å². The van der Waals surface area contributed by atoms with Gasteiger partial charge in [-0.2, -0.15) is 0 Å². The summed E-state index contributed by atoms with van der Waals surface area (Å²) in [5.74, 6) is 0. The third kappa shape index (κ3) is 5.50. The SMILES string of the molecule is c1ccc(-c2ccc(N(c3ccc4c(c3)C(c3ccccc3)(c3ccccc3)c3ccc(-c5cccc6ccccc56)cc3-4)c3cccc4oc5ccccc5c34)cc2)cc1. The Bertz CT molecular complexity index is 3360. The number of anilines is 3. The molecule has 0 spiro atoms. The number of rotatable bonds is 7. The molecule has 2 nitrogen and oxygen atoms in total. The van der Waals surface area contributed by atoms with Crippen molar-refractivity contribution in [3.8, 4) is 33.4 Å². The van der Waals surface area contributed by atoms with E-state index < -0.39 is 5.41 Å². The van der Waals surface area contributed by atoms with Crippen molar-refractivity contribution in [2.45, 2.75) is 5.41 Å². The van der Waals surface area contributed by atoms with Crippen LogP contribution < -0.4 is 4.90 Å². The standard InChI is InChI=1S/C59H39NO/c1-4-16-40(17-5-1)41-30-33-46(34-31-41)60(55-27-15-29-57-58(55)51-25-12-13-28-56(51)61-57)47-35-36-50-52-38-43(49-26-14-19-42-18-10-11-24-48(42)49)32-37-53(52)59(54(50)39-47,44-20-6-2-7-21-44)45-22-8-3-9-23-45/h1-39H. The lowest BCUT2D eigenvalue weighted by Crippen LogP contribution is -2.28. The largest absolute Gasteiger partial charge is 0.456 e. The van der Waals surface area contributed by atoms with Crippen molar-refractivity contribution in [1.29, 1.82) is 0 Å². The molecule has 0 amide bonds. The van der Waals surface area contributed by atoms with Gasteiger partial charge in [-0.25, -0.2) is 0 Å². The Labute approximate surface area is 355 Å². The molecule has 1 aliphatic carbocycles. The molecular formula is C59H39NO. The van der Waals surface area contributed by atoms with Gasteiger partial charge < -0.3 is 9.32 Å². The molecule has 61 heavy (non-hydrogen) atoms. The summed E-state index contributed by atoms with van der Waals surface area (Å²) in [5, 5.41) is 4.68. The first-order chi connectivity index (χ1) is 30.3. The van der Waals surface area contributed by atoms with Crippen LogP contribution in [0.2, 0.25) is 0 Å². The van der Waals surface area contributed by atoms with Crippen molar-refractivity contribution >= 4 is 49.8 Å². The van der Waals surface area contributed by atoms with Crippen LogP contribution in [0.4, 0.5) is 17.1 Å². The fraction of sp³-hybridized carbons (Fsp3) is 0.0169. The molecule has 0 unspecified atom stereocenters. The van der Waals surface area contributed by atoms with Gasteiger partial charge in [-0.3, -0.25) is 0 Å². The van der Waals surface area contributed by atoms with Gasteiger partial charge in [0.1, 0.15) is 11.2 Å². The minimum atomic E-state index is -0.586. The molecule has 0 aliphatic heterocycles. The Balaban J connectivity index is 1.14. The minimum Gasteiger partial charge on any atom is -0.456 e. The van der Waals surface area contributed by atoms with Gasteiger partial charge in [0.25, 0.3) is 0 Å². The molecule has 12 rings (SSSR count). The van der Waals surface area contributed by atoms with E-state index in [9.17, 15) is 0 Å². The van der Waals surface area contributed by atoms with Crippen LogP contribution in [-0.4, -0.2) is 0 Å². The molecule has 0 bridgehead atoms. The van der Waals surface area contributed by atoms with E-state index in [0.717, 1.165) is 39.0 Å². The summed E-state index contributed by atoms with van der Waals surface area (Å²) in [6, 6.07) is 86.2. The fourth-order valence-corrected chi connectivity index (χ4v) is 10.1. The van der Waals surface area contributed by atoms with Gasteiger partial charge in [-0.05, 0) is 115 Å². The number of hydrogen-bond donors (Lipinski definition) is 0. The molecule has 1 aromatic heterocycles. The Hall–Kier alpha value is -7.94. The van der Waals surface area contributed by atoms with Crippen molar-refractivity contribution in [2.24, 2.45) is 0 Å². The highest BCUT2D eigenvalue weighted by atomic mass is 16.3. The summed E-state index contributed by atoms with van der Waals surface area (Å²) >= 11 is 0. The number of para-hydroxylation sites is 1. The molecule has 10 aromatic carbocycles. The smallest absolute Gasteiger partial charge is 0.137 e. The highest BCUT2D eigenvalue weighted by Crippen LogP contribution is 2.58. The van der Waals surface area contributed by atoms with Gasteiger partial charge in [-0.15, -0.1) is 0 Å². The van der Waals surface area contributed by atoms with Gasteiger partial charge >= 0.3 is 0 Å². The molecular weight excluding hydrogens is 739 g/mol. The number of furan rings is 1. The first-order valence-electron chi connectivity index (χ1n) is 21.0. The maximum Gasteiger partial charge on any atom is 0.137 e. The maximum atomic E-state index is 6.50. The van der Waals surface area contributed by atoms with Gasteiger partial charge in [0.2, 0.25) is 0 Å². The van der Waals surface area contributed by atoms with Crippen molar-refractivity contribution in [3.63, 3.8) is 0 Å². The fourth-order valence-electron chi connectivity index (χ4n) is 10.1. The van der Waals surface area contributed by atoms with Crippen LogP contribution in [0.3, 0.4) is 0 Å². The van der Waals surface area contributed by atoms with Crippen molar-refractivity contribution in [1.82, 2.24) is 0 Å². The van der Waals surface area contributed by atoms with E-state index in [4.69, 9.17) is 4.42 Å². The summed E-state index contributed by atoms with van der Waals surface area (Å²) in [6.45, 7) is 0. The van der Waals surface area contributed by atoms with E-state index in [1.165, 1.54) is 66.4 Å². The van der Waals surface area contributed by atoms with Crippen LogP contribution in [0.1, 0.15) is 22.3 Å². The number of nitrogens with zero attached hydrogens (tertiary/aromatic N) is 1. The first-order valence-corrected chi connectivity index (χ1v) is 21.0. The zero-order valence-corrected chi connectivity index (χ0v) is 33.4. The van der Waals surface area contributed by atoms with Crippen LogP contribution in [0.5, 0.6) is 0 Å². The molecule has 0 radical (unpaired) electrons. The third-order valence-electron chi connectivity index (χ3n) is 12.7. The van der Waals surface area contributed by atoms with Crippen LogP contribution in [0.25, 0.3) is 66.1 Å². The van der Waals surface area contributed by atoms with E-state index >= 15 is 0 Å².